The molecule has 1 aliphatic heterocycles. The summed E-state index contributed by atoms with van der Waals surface area (Å²) in [6.45, 7) is 3.98. The van der Waals surface area contributed by atoms with E-state index < -0.39 is 0 Å². The normalized spacial score (nSPS) is 16.7. The molecule has 2 heterocycles. The zero-order valence-electron chi connectivity index (χ0n) is 12.8. The lowest BCUT2D eigenvalue weighted by atomic mass is 9.96. The van der Waals surface area contributed by atoms with Gasteiger partial charge in [-0.2, -0.15) is 5.10 Å². The average molecular weight is 299 g/mol. The van der Waals surface area contributed by atoms with Crippen molar-refractivity contribution in [2.24, 2.45) is 5.92 Å². The Balaban J connectivity index is 1.54. The number of hydrogen-bond donors (Lipinski definition) is 1. The summed E-state index contributed by atoms with van der Waals surface area (Å²) in [5.74, 6) is 0.811. The molecule has 5 nitrogen and oxygen atoms in total. The van der Waals surface area contributed by atoms with Crippen LogP contribution in [0.5, 0.6) is 5.75 Å². The van der Waals surface area contributed by atoms with Gasteiger partial charge < -0.3 is 10.1 Å². The molecule has 0 spiro atoms. The number of nitrogens with one attached hydrogen (secondary N) is 1. The van der Waals surface area contributed by atoms with Crippen molar-refractivity contribution in [2.45, 2.75) is 32.9 Å². The van der Waals surface area contributed by atoms with Gasteiger partial charge in [0.05, 0.1) is 12.1 Å². The third kappa shape index (κ3) is 3.30. The topological polar surface area (TPSA) is 56.2 Å². The van der Waals surface area contributed by atoms with Crippen LogP contribution in [-0.4, -0.2) is 22.3 Å². The third-order valence-corrected chi connectivity index (χ3v) is 3.86. The highest BCUT2D eigenvalue weighted by molar-refractivity contribution is 5.79. The van der Waals surface area contributed by atoms with Crippen LogP contribution in [0.2, 0.25) is 0 Å². The van der Waals surface area contributed by atoms with Gasteiger partial charge in [-0.1, -0.05) is 25.1 Å². The number of aromatic nitrogens is 2. The molecule has 2 aromatic rings. The van der Waals surface area contributed by atoms with Gasteiger partial charge in [-0.25, -0.2) is 0 Å². The summed E-state index contributed by atoms with van der Waals surface area (Å²) in [5.41, 5.74) is 2.13. The molecule has 1 aliphatic rings. The van der Waals surface area contributed by atoms with Crippen molar-refractivity contribution in [3.63, 3.8) is 0 Å². The average Bonchev–Trinajstić information content (AvgIpc) is 3.00. The third-order valence-electron chi connectivity index (χ3n) is 3.86. The number of amides is 1. The summed E-state index contributed by atoms with van der Waals surface area (Å²) < 4.78 is 7.57. The zero-order valence-corrected chi connectivity index (χ0v) is 12.8. The van der Waals surface area contributed by atoms with Crippen LogP contribution in [0.15, 0.2) is 36.7 Å². The van der Waals surface area contributed by atoms with E-state index in [9.17, 15) is 4.79 Å². The summed E-state index contributed by atoms with van der Waals surface area (Å²) >= 11 is 0. The number of para-hydroxylation sites is 1. The first-order valence-electron chi connectivity index (χ1n) is 7.76. The highest BCUT2D eigenvalue weighted by atomic mass is 16.5. The minimum Gasteiger partial charge on any atom is -0.492 e. The summed E-state index contributed by atoms with van der Waals surface area (Å²) in [4.78, 5) is 12.3. The predicted octanol–water partition coefficient (Wildman–Crippen LogP) is 2.16. The molecule has 1 unspecified atom stereocenters. The fourth-order valence-corrected chi connectivity index (χ4v) is 2.68. The van der Waals surface area contributed by atoms with Crippen LogP contribution in [0.1, 0.15) is 24.5 Å². The van der Waals surface area contributed by atoms with Crippen LogP contribution in [0.4, 0.5) is 0 Å². The Bertz CT molecular complexity index is 651. The predicted molar refractivity (Wildman–Crippen MR) is 83.5 cm³/mol. The number of benzene rings is 1. The number of carbonyl (C=O) groups excluding carboxylic acids is 1. The van der Waals surface area contributed by atoms with Crippen LogP contribution in [0.25, 0.3) is 0 Å². The smallest absolute Gasteiger partial charge is 0.227 e. The summed E-state index contributed by atoms with van der Waals surface area (Å²) in [6, 6.07) is 7.90. The molecule has 1 atom stereocenters. The van der Waals surface area contributed by atoms with Crippen LogP contribution >= 0.6 is 0 Å². The van der Waals surface area contributed by atoms with Crippen molar-refractivity contribution in [3.8, 4) is 5.75 Å². The second kappa shape index (κ2) is 6.64. The molecule has 0 radical (unpaired) electrons. The quantitative estimate of drug-likeness (QED) is 0.920. The lowest BCUT2D eigenvalue weighted by Gasteiger charge is -2.24. The molecule has 1 N–H and O–H groups in total. The highest BCUT2D eigenvalue weighted by Gasteiger charge is 2.25. The van der Waals surface area contributed by atoms with Crippen molar-refractivity contribution in [1.29, 1.82) is 0 Å². The maximum Gasteiger partial charge on any atom is 0.227 e. The number of carbonyl (C=O) groups is 1. The molecule has 3 rings (SSSR count). The Morgan fingerprint density at radius 2 is 2.32 bits per heavy atom. The first-order valence-corrected chi connectivity index (χ1v) is 7.76. The Morgan fingerprint density at radius 3 is 3.18 bits per heavy atom. The van der Waals surface area contributed by atoms with Gasteiger partial charge in [0.2, 0.25) is 5.91 Å². The first-order chi connectivity index (χ1) is 10.8. The SMILES string of the molecule is CCCn1cc(CNC(=O)C2COc3ccccc3C2)cn1. The number of rotatable bonds is 5. The Morgan fingerprint density at radius 1 is 1.45 bits per heavy atom. The van der Waals surface area contributed by atoms with Gasteiger partial charge in [-0.3, -0.25) is 9.48 Å². The number of aryl methyl sites for hydroxylation is 1. The van der Waals surface area contributed by atoms with Crippen molar-refractivity contribution in [1.82, 2.24) is 15.1 Å². The molecule has 0 bridgehead atoms. The van der Waals surface area contributed by atoms with E-state index in [0.29, 0.717) is 13.2 Å². The Labute approximate surface area is 130 Å². The number of fused-ring (bicyclic) bond motifs is 1. The van der Waals surface area contributed by atoms with Crippen molar-refractivity contribution >= 4 is 5.91 Å². The standard InChI is InChI=1S/C17H21N3O2/c1-2-7-20-11-13(10-19-20)9-18-17(21)15-8-14-5-3-4-6-16(14)22-12-15/h3-6,10-11,15H,2,7-9,12H2,1H3,(H,18,21). The number of ether oxygens (including phenoxy) is 1. The molecule has 116 valence electrons. The lowest BCUT2D eigenvalue weighted by Crippen LogP contribution is -2.36. The summed E-state index contributed by atoms with van der Waals surface area (Å²) in [6.07, 6.45) is 5.57. The van der Waals surface area contributed by atoms with Crippen LogP contribution in [-0.2, 0) is 24.3 Å². The van der Waals surface area contributed by atoms with Crippen LogP contribution in [0.3, 0.4) is 0 Å². The molecule has 22 heavy (non-hydrogen) atoms. The maximum absolute atomic E-state index is 12.3. The fourth-order valence-electron chi connectivity index (χ4n) is 2.68. The lowest BCUT2D eigenvalue weighted by molar-refractivity contribution is -0.126. The molecular weight excluding hydrogens is 278 g/mol. The molecule has 0 aliphatic carbocycles. The number of hydrogen-bond acceptors (Lipinski definition) is 3. The van der Waals surface area contributed by atoms with E-state index in [1.165, 1.54) is 0 Å². The number of nitrogens with zero attached hydrogens (tertiary/aromatic N) is 2. The van der Waals surface area contributed by atoms with Gasteiger partial charge >= 0.3 is 0 Å². The van der Waals surface area contributed by atoms with E-state index in [0.717, 1.165) is 36.3 Å². The van der Waals surface area contributed by atoms with Gasteiger partial charge in [-0.05, 0) is 24.5 Å². The maximum atomic E-state index is 12.3. The molecule has 0 saturated heterocycles. The van der Waals surface area contributed by atoms with E-state index in [2.05, 4.69) is 17.3 Å². The minimum absolute atomic E-state index is 0.0396. The molecule has 0 fully saturated rings. The summed E-state index contributed by atoms with van der Waals surface area (Å²) in [7, 11) is 0. The van der Waals surface area contributed by atoms with Crippen molar-refractivity contribution in [2.75, 3.05) is 6.61 Å². The second-order valence-electron chi connectivity index (χ2n) is 5.65. The van der Waals surface area contributed by atoms with Crippen molar-refractivity contribution in [3.05, 3.63) is 47.8 Å². The Kier molecular flexibility index (Phi) is 4.42. The van der Waals surface area contributed by atoms with Gasteiger partial charge in [-0.15, -0.1) is 0 Å². The van der Waals surface area contributed by atoms with Crippen LogP contribution in [0, 0.1) is 5.92 Å². The van der Waals surface area contributed by atoms with E-state index >= 15 is 0 Å². The molecular formula is C17H21N3O2. The first kappa shape index (κ1) is 14.6. The van der Waals surface area contributed by atoms with Gasteiger partial charge in [0.25, 0.3) is 0 Å². The molecule has 0 saturated carbocycles. The van der Waals surface area contributed by atoms with E-state index in [1.54, 1.807) is 0 Å². The second-order valence-corrected chi connectivity index (χ2v) is 5.65. The van der Waals surface area contributed by atoms with Crippen LogP contribution < -0.4 is 10.1 Å². The largest absolute Gasteiger partial charge is 0.492 e. The molecule has 1 amide bonds. The molecule has 1 aromatic heterocycles. The zero-order chi connectivity index (χ0) is 15.4. The minimum atomic E-state index is -0.124. The van der Waals surface area contributed by atoms with Crippen molar-refractivity contribution < 1.29 is 9.53 Å². The van der Waals surface area contributed by atoms with Gasteiger partial charge in [0.15, 0.2) is 0 Å². The summed E-state index contributed by atoms with van der Waals surface area (Å²) in [5, 5.41) is 7.25. The van der Waals surface area contributed by atoms with E-state index in [-0.39, 0.29) is 11.8 Å². The monoisotopic (exact) mass is 299 g/mol. The van der Waals surface area contributed by atoms with Gasteiger partial charge in [0, 0.05) is 24.8 Å². The van der Waals surface area contributed by atoms with Gasteiger partial charge in [0.1, 0.15) is 12.4 Å². The Hall–Kier alpha value is -2.30. The highest BCUT2D eigenvalue weighted by Crippen LogP contribution is 2.26. The van der Waals surface area contributed by atoms with E-state index in [4.69, 9.17) is 4.74 Å². The fraction of sp³-hybridized carbons (Fsp3) is 0.412. The molecule has 1 aromatic carbocycles. The molecule has 5 heteroatoms. The van der Waals surface area contributed by atoms with E-state index in [1.807, 2.05) is 41.3 Å².